The summed E-state index contributed by atoms with van der Waals surface area (Å²) in [7, 11) is 0. The lowest BCUT2D eigenvalue weighted by molar-refractivity contribution is 0.0322. The number of hydrogen-bond acceptors (Lipinski definition) is 5. The lowest BCUT2D eigenvalue weighted by Crippen LogP contribution is -2.38. The van der Waals surface area contributed by atoms with Crippen molar-refractivity contribution in [1.29, 1.82) is 0 Å². The number of rotatable bonds is 4. The Morgan fingerprint density at radius 3 is 2.86 bits per heavy atom. The second-order valence-corrected chi connectivity index (χ2v) is 5.18. The molecule has 2 heterocycles. The molecule has 0 N–H and O–H groups in total. The molecule has 0 saturated carbocycles. The summed E-state index contributed by atoms with van der Waals surface area (Å²) < 4.78 is 16.6. The smallest absolute Gasteiger partial charge is 0.192 e. The maximum absolute atomic E-state index is 11.8. The largest absolute Gasteiger partial charge is 0.492 e. The normalized spacial score (nSPS) is 16.2. The van der Waals surface area contributed by atoms with Crippen LogP contribution in [0.2, 0.25) is 0 Å². The van der Waals surface area contributed by atoms with E-state index in [4.69, 9.17) is 13.9 Å². The fraction of sp³-hybridized carbons (Fsp3) is 0.438. The van der Waals surface area contributed by atoms with Gasteiger partial charge in [-0.15, -0.1) is 0 Å². The third-order valence-corrected chi connectivity index (χ3v) is 3.60. The van der Waals surface area contributed by atoms with Crippen LogP contribution in [0.5, 0.6) is 5.75 Å². The van der Waals surface area contributed by atoms with Crippen LogP contribution in [0.25, 0.3) is 11.0 Å². The molecule has 1 fully saturated rings. The Hall–Kier alpha value is -1.85. The molecule has 0 unspecified atom stereocenters. The molecule has 2 aromatic rings. The number of hydrogen-bond donors (Lipinski definition) is 0. The number of morpholine rings is 1. The molecule has 112 valence electrons. The Morgan fingerprint density at radius 1 is 1.24 bits per heavy atom. The highest BCUT2D eigenvalue weighted by Crippen LogP contribution is 2.19. The molecule has 1 aromatic carbocycles. The van der Waals surface area contributed by atoms with Gasteiger partial charge in [0.05, 0.1) is 18.6 Å². The van der Waals surface area contributed by atoms with Crippen molar-refractivity contribution in [2.24, 2.45) is 0 Å². The zero-order valence-electron chi connectivity index (χ0n) is 12.1. The summed E-state index contributed by atoms with van der Waals surface area (Å²) >= 11 is 0. The van der Waals surface area contributed by atoms with E-state index in [0.29, 0.717) is 23.3 Å². The van der Waals surface area contributed by atoms with Gasteiger partial charge in [-0.1, -0.05) is 0 Å². The summed E-state index contributed by atoms with van der Waals surface area (Å²) in [6.07, 6.45) is 0. The first kappa shape index (κ1) is 14.1. The quantitative estimate of drug-likeness (QED) is 0.859. The molecule has 0 aliphatic carbocycles. The molecule has 1 aliphatic rings. The van der Waals surface area contributed by atoms with E-state index < -0.39 is 0 Å². The van der Waals surface area contributed by atoms with Crippen molar-refractivity contribution in [1.82, 2.24) is 4.90 Å². The third-order valence-electron chi connectivity index (χ3n) is 3.60. The fourth-order valence-corrected chi connectivity index (χ4v) is 2.46. The predicted octanol–water partition coefficient (Wildman–Crippen LogP) is 1.81. The van der Waals surface area contributed by atoms with Gasteiger partial charge in [0.2, 0.25) is 0 Å². The van der Waals surface area contributed by atoms with Crippen LogP contribution in [0.4, 0.5) is 0 Å². The van der Waals surface area contributed by atoms with Gasteiger partial charge in [0.1, 0.15) is 23.7 Å². The van der Waals surface area contributed by atoms with Crippen LogP contribution in [0.15, 0.2) is 33.5 Å². The van der Waals surface area contributed by atoms with Crippen molar-refractivity contribution in [2.45, 2.75) is 6.92 Å². The van der Waals surface area contributed by atoms with Gasteiger partial charge in [-0.05, 0) is 19.1 Å². The van der Waals surface area contributed by atoms with E-state index in [1.165, 1.54) is 6.07 Å². The molecule has 5 heteroatoms. The van der Waals surface area contributed by atoms with Crippen LogP contribution in [0, 0.1) is 6.92 Å². The molecule has 21 heavy (non-hydrogen) atoms. The van der Waals surface area contributed by atoms with Crippen LogP contribution in [0.1, 0.15) is 5.76 Å². The van der Waals surface area contributed by atoms with E-state index in [9.17, 15) is 4.79 Å². The number of nitrogens with zero attached hydrogens (tertiary/aromatic N) is 1. The topological polar surface area (TPSA) is 51.9 Å². The monoisotopic (exact) mass is 289 g/mol. The van der Waals surface area contributed by atoms with Gasteiger partial charge in [-0.3, -0.25) is 9.69 Å². The maximum Gasteiger partial charge on any atom is 0.192 e. The average Bonchev–Trinajstić information content (AvgIpc) is 2.48. The highest BCUT2D eigenvalue weighted by Gasteiger charge is 2.10. The van der Waals surface area contributed by atoms with Gasteiger partial charge in [0, 0.05) is 31.8 Å². The van der Waals surface area contributed by atoms with Crippen molar-refractivity contribution in [3.05, 3.63) is 40.2 Å². The highest BCUT2D eigenvalue weighted by molar-refractivity contribution is 5.77. The van der Waals surface area contributed by atoms with E-state index >= 15 is 0 Å². The van der Waals surface area contributed by atoms with Crippen LogP contribution < -0.4 is 10.2 Å². The Kier molecular flexibility index (Phi) is 4.22. The standard InChI is InChI=1S/C16H19NO4/c1-12-10-15(18)14-3-2-13(11-16(14)21-12)20-9-6-17-4-7-19-8-5-17/h2-3,10-11H,4-9H2,1H3. The predicted molar refractivity (Wildman–Crippen MR) is 80.0 cm³/mol. The van der Waals surface area contributed by atoms with Crippen molar-refractivity contribution in [2.75, 3.05) is 39.5 Å². The zero-order chi connectivity index (χ0) is 14.7. The summed E-state index contributed by atoms with van der Waals surface area (Å²) in [6, 6.07) is 6.85. The van der Waals surface area contributed by atoms with Gasteiger partial charge >= 0.3 is 0 Å². The summed E-state index contributed by atoms with van der Waals surface area (Å²) in [4.78, 5) is 14.1. The molecule has 0 radical (unpaired) electrons. The van der Waals surface area contributed by atoms with Crippen molar-refractivity contribution in [3.8, 4) is 5.75 Å². The van der Waals surface area contributed by atoms with Crippen LogP contribution in [-0.2, 0) is 4.74 Å². The Labute approximate surface area is 123 Å². The average molecular weight is 289 g/mol. The third kappa shape index (κ3) is 3.43. The first-order valence-electron chi connectivity index (χ1n) is 7.20. The lowest BCUT2D eigenvalue weighted by atomic mass is 10.2. The fourth-order valence-electron chi connectivity index (χ4n) is 2.46. The molecule has 0 atom stereocenters. The Bertz CT molecular complexity index is 674. The molecule has 3 rings (SSSR count). The van der Waals surface area contributed by atoms with Crippen LogP contribution in [0.3, 0.4) is 0 Å². The van der Waals surface area contributed by atoms with E-state index in [0.717, 1.165) is 38.6 Å². The highest BCUT2D eigenvalue weighted by atomic mass is 16.5. The van der Waals surface area contributed by atoms with Crippen molar-refractivity contribution >= 4 is 11.0 Å². The zero-order valence-corrected chi connectivity index (χ0v) is 12.1. The van der Waals surface area contributed by atoms with Gasteiger partial charge < -0.3 is 13.9 Å². The molecular formula is C16H19NO4. The summed E-state index contributed by atoms with van der Waals surface area (Å²) in [5, 5.41) is 0.584. The van der Waals surface area contributed by atoms with Gasteiger partial charge in [0.15, 0.2) is 5.43 Å². The summed E-state index contributed by atoms with van der Waals surface area (Å²) in [5.41, 5.74) is 0.553. The molecule has 0 spiro atoms. The van der Waals surface area contributed by atoms with Gasteiger partial charge in [0.25, 0.3) is 0 Å². The minimum atomic E-state index is -0.0198. The first-order chi connectivity index (χ1) is 10.2. The molecule has 0 amide bonds. The number of ether oxygens (including phenoxy) is 2. The summed E-state index contributed by atoms with van der Waals surface area (Å²) in [5.74, 6) is 1.34. The second-order valence-electron chi connectivity index (χ2n) is 5.18. The van der Waals surface area contributed by atoms with Gasteiger partial charge in [-0.2, -0.15) is 0 Å². The Balaban J connectivity index is 1.65. The van der Waals surface area contributed by atoms with Crippen LogP contribution in [-0.4, -0.2) is 44.4 Å². The second kappa shape index (κ2) is 6.28. The van der Waals surface area contributed by atoms with Crippen molar-refractivity contribution < 1.29 is 13.9 Å². The van der Waals surface area contributed by atoms with E-state index in [2.05, 4.69) is 4.90 Å². The maximum atomic E-state index is 11.8. The van der Waals surface area contributed by atoms with E-state index in [-0.39, 0.29) is 5.43 Å². The number of fused-ring (bicyclic) bond motifs is 1. The molecule has 0 bridgehead atoms. The van der Waals surface area contributed by atoms with Crippen molar-refractivity contribution in [3.63, 3.8) is 0 Å². The van der Waals surface area contributed by atoms with E-state index in [1.807, 2.05) is 6.07 Å². The molecule has 1 saturated heterocycles. The Morgan fingerprint density at radius 2 is 2.05 bits per heavy atom. The first-order valence-corrected chi connectivity index (χ1v) is 7.20. The molecule has 1 aromatic heterocycles. The molecule has 1 aliphatic heterocycles. The van der Waals surface area contributed by atoms with Crippen LogP contribution >= 0.6 is 0 Å². The minimum absolute atomic E-state index is 0.0198. The SMILES string of the molecule is Cc1cc(=O)c2ccc(OCCN3CCOCC3)cc2o1. The molecule has 5 nitrogen and oxygen atoms in total. The number of benzene rings is 1. The number of aryl methyl sites for hydroxylation is 1. The minimum Gasteiger partial charge on any atom is -0.492 e. The van der Waals surface area contributed by atoms with Gasteiger partial charge in [-0.25, -0.2) is 0 Å². The molecular weight excluding hydrogens is 270 g/mol. The summed E-state index contributed by atoms with van der Waals surface area (Å²) in [6.45, 7) is 6.75. The van der Waals surface area contributed by atoms with E-state index in [1.54, 1.807) is 19.1 Å². The lowest BCUT2D eigenvalue weighted by Gasteiger charge is -2.26.